The molecule has 0 amide bonds. The summed E-state index contributed by atoms with van der Waals surface area (Å²) in [4.78, 5) is 19.5. The number of nitrogens with zero attached hydrogens (tertiary/aromatic N) is 2. The van der Waals surface area contributed by atoms with Gasteiger partial charge in [0, 0.05) is 29.2 Å². The number of halogens is 1. The number of piperidine rings is 1. The van der Waals surface area contributed by atoms with Crippen LogP contribution in [-0.2, 0) is 11.2 Å². The molecule has 1 saturated carbocycles. The molecule has 1 aliphatic carbocycles. The largest absolute Gasteiger partial charge is 0.487 e. The molecule has 2 aromatic carbocycles. The molecule has 1 aliphatic heterocycles. The summed E-state index contributed by atoms with van der Waals surface area (Å²) in [5.74, 6) is 1.42. The minimum atomic E-state index is -0.852. The number of benzene rings is 2. The van der Waals surface area contributed by atoms with Crippen molar-refractivity contribution in [1.82, 2.24) is 4.98 Å². The molecule has 0 unspecified atom stereocenters. The molecular formula is C29H35ClN2O3S. The van der Waals surface area contributed by atoms with Gasteiger partial charge in [0.1, 0.15) is 11.4 Å². The van der Waals surface area contributed by atoms with E-state index in [1.807, 2.05) is 52.0 Å². The van der Waals surface area contributed by atoms with E-state index in [0.717, 1.165) is 62.5 Å². The Balaban J connectivity index is 1.65. The number of rotatable bonds is 5. The molecule has 36 heavy (non-hydrogen) atoms. The minimum Gasteiger partial charge on any atom is -0.487 e. The van der Waals surface area contributed by atoms with E-state index in [0.29, 0.717) is 10.8 Å². The lowest BCUT2D eigenvalue weighted by Crippen LogP contribution is -2.41. The topological polar surface area (TPSA) is 62.7 Å². The lowest BCUT2D eigenvalue weighted by molar-refractivity contribution is -0.136. The fourth-order valence-electron chi connectivity index (χ4n) is 5.91. The van der Waals surface area contributed by atoms with Crippen molar-refractivity contribution in [3.8, 4) is 16.9 Å². The Bertz CT molecular complexity index is 1300. The lowest BCUT2D eigenvalue weighted by atomic mass is 9.75. The van der Waals surface area contributed by atoms with E-state index >= 15 is 0 Å². The van der Waals surface area contributed by atoms with Crippen molar-refractivity contribution in [3.63, 3.8) is 0 Å². The van der Waals surface area contributed by atoms with Gasteiger partial charge in [0.15, 0.2) is 5.13 Å². The van der Waals surface area contributed by atoms with Crippen LogP contribution in [0.4, 0.5) is 5.13 Å². The van der Waals surface area contributed by atoms with Crippen molar-refractivity contribution >= 4 is 44.3 Å². The van der Waals surface area contributed by atoms with Crippen LogP contribution in [0.3, 0.4) is 0 Å². The average Bonchev–Trinajstić information content (AvgIpc) is 3.22. The minimum absolute atomic E-state index is 0.0601. The third-order valence-corrected chi connectivity index (χ3v) is 8.90. The molecule has 192 valence electrons. The van der Waals surface area contributed by atoms with E-state index in [1.54, 1.807) is 11.3 Å². The van der Waals surface area contributed by atoms with Gasteiger partial charge in [-0.25, -0.2) is 4.98 Å². The molecule has 3 aromatic rings. The van der Waals surface area contributed by atoms with Crippen LogP contribution in [0.5, 0.6) is 5.75 Å². The lowest BCUT2D eigenvalue weighted by Gasteiger charge is -2.41. The van der Waals surface area contributed by atoms with Gasteiger partial charge in [-0.15, -0.1) is 0 Å². The number of thiazole rings is 1. The van der Waals surface area contributed by atoms with Crippen LogP contribution < -0.4 is 9.64 Å². The summed E-state index contributed by atoms with van der Waals surface area (Å²) in [6.45, 7) is 10.1. The molecule has 2 aliphatic rings. The molecule has 7 heteroatoms. The summed E-state index contributed by atoms with van der Waals surface area (Å²) in [5, 5.41) is 11.4. The summed E-state index contributed by atoms with van der Waals surface area (Å²) in [6.07, 6.45) is 6.57. The van der Waals surface area contributed by atoms with Gasteiger partial charge in [-0.05, 0) is 87.8 Å². The summed E-state index contributed by atoms with van der Waals surface area (Å²) in [7, 11) is 0. The zero-order valence-electron chi connectivity index (χ0n) is 21.6. The fourth-order valence-corrected chi connectivity index (χ4v) is 7.24. The van der Waals surface area contributed by atoms with Gasteiger partial charge >= 0.3 is 5.97 Å². The SMILES string of the molecule is Cc1cc2nc(N3CC[C@@H]4CCCC[C@@H]4C3)sc2c(-c2ccc(Cl)cc2OC(C)(C)C)c1CC(=O)O. The molecule has 0 radical (unpaired) electrons. The molecule has 0 spiro atoms. The first-order valence-corrected chi connectivity index (χ1v) is 14.2. The average molecular weight is 527 g/mol. The summed E-state index contributed by atoms with van der Waals surface area (Å²) in [5.41, 5.74) is 3.98. The van der Waals surface area contributed by atoms with E-state index in [4.69, 9.17) is 21.3 Å². The Morgan fingerprint density at radius 2 is 1.94 bits per heavy atom. The van der Waals surface area contributed by atoms with Gasteiger partial charge in [0.05, 0.1) is 16.6 Å². The number of anilines is 1. The molecular weight excluding hydrogens is 492 g/mol. The highest BCUT2D eigenvalue weighted by atomic mass is 35.5. The van der Waals surface area contributed by atoms with Gasteiger partial charge in [0.25, 0.3) is 0 Å². The first-order valence-electron chi connectivity index (χ1n) is 13.0. The van der Waals surface area contributed by atoms with E-state index in [1.165, 1.54) is 32.1 Å². The normalized spacial score (nSPS) is 20.4. The highest BCUT2D eigenvalue weighted by molar-refractivity contribution is 7.22. The second-order valence-corrected chi connectivity index (χ2v) is 12.8. The van der Waals surface area contributed by atoms with Crippen LogP contribution in [0.15, 0.2) is 24.3 Å². The predicted octanol–water partition coefficient (Wildman–Crippen LogP) is 7.75. The number of aliphatic carboxylic acids is 1. The molecule has 2 atom stereocenters. The third-order valence-electron chi connectivity index (χ3n) is 7.52. The predicted molar refractivity (Wildman–Crippen MR) is 149 cm³/mol. The van der Waals surface area contributed by atoms with Gasteiger partial charge in [-0.3, -0.25) is 4.79 Å². The maximum Gasteiger partial charge on any atom is 0.307 e. The van der Waals surface area contributed by atoms with Gasteiger partial charge in [-0.2, -0.15) is 0 Å². The molecule has 2 fully saturated rings. The number of aryl methyl sites for hydroxylation is 1. The number of ether oxygens (including phenoxy) is 1. The van der Waals surface area contributed by atoms with E-state index in [9.17, 15) is 9.90 Å². The number of aromatic nitrogens is 1. The Kier molecular flexibility index (Phi) is 6.94. The molecule has 1 aromatic heterocycles. The Hall–Kier alpha value is -2.31. The van der Waals surface area contributed by atoms with Gasteiger partial charge < -0.3 is 14.7 Å². The van der Waals surface area contributed by atoms with Crippen LogP contribution in [-0.4, -0.2) is 34.8 Å². The standard InChI is InChI=1S/C29H35ClN2O3S/c1-17-13-23-27(36-28(31-23)32-12-11-18-7-5-6-8-19(18)16-32)26(22(17)15-25(33)34)21-10-9-20(30)14-24(21)35-29(2,3)4/h9-10,13-14,18-19H,5-8,11-12,15-16H2,1-4H3,(H,33,34)/t18-,19+/m0/s1. The quantitative estimate of drug-likeness (QED) is 0.368. The molecule has 2 heterocycles. The van der Waals surface area contributed by atoms with Crippen LogP contribution in [0.25, 0.3) is 21.3 Å². The number of hydrogen-bond acceptors (Lipinski definition) is 5. The summed E-state index contributed by atoms with van der Waals surface area (Å²) in [6, 6.07) is 7.68. The highest BCUT2D eigenvalue weighted by Gasteiger charge is 2.33. The zero-order chi connectivity index (χ0) is 25.6. The van der Waals surface area contributed by atoms with Crippen LogP contribution in [0.1, 0.15) is 64.0 Å². The second-order valence-electron chi connectivity index (χ2n) is 11.4. The van der Waals surface area contributed by atoms with Crippen LogP contribution in [0.2, 0.25) is 5.02 Å². The summed E-state index contributed by atoms with van der Waals surface area (Å²) >= 11 is 8.06. The van der Waals surface area contributed by atoms with E-state index < -0.39 is 11.6 Å². The van der Waals surface area contributed by atoms with Crippen molar-refractivity contribution < 1.29 is 14.6 Å². The molecule has 1 N–H and O–H groups in total. The van der Waals surface area contributed by atoms with Crippen molar-refractivity contribution in [3.05, 3.63) is 40.4 Å². The monoisotopic (exact) mass is 526 g/mol. The van der Waals surface area contributed by atoms with Crippen molar-refractivity contribution in [2.75, 3.05) is 18.0 Å². The van der Waals surface area contributed by atoms with Crippen molar-refractivity contribution in [2.45, 2.75) is 71.8 Å². The van der Waals surface area contributed by atoms with Crippen LogP contribution in [0, 0.1) is 18.8 Å². The maximum atomic E-state index is 11.9. The number of carbonyl (C=O) groups is 1. The Morgan fingerprint density at radius 1 is 1.19 bits per heavy atom. The zero-order valence-corrected chi connectivity index (χ0v) is 23.1. The molecule has 0 bridgehead atoms. The Labute approximate surface area is 222 Å². The summed E-state index contributed by atoms with van der Waals surface area (Å²) < 4.78 is 7.35. The number of fused-ring (bicyclic) bond motifs is 2. The first-order chi connectivity index (χ1) is 17.1. The molecule has 5 nitrogen and oxygen atoms in total. The second kappa shape index (κ2) is 9.86. The van der Waals surface area contributed by atoms with Crippen molar-refractivity contribution in [2.24, 2.45) is 11.8 Å². The van der Waals surface area contributed by atoms with Gasteiger partial charge in [-0.1, -0.05) is 42.2 Å². The number of hydrogen-bond donors (Lipinski definition) is 1. The fraction of sp³-hybridized carbons (Fsp3) is 0.517. The first kappa shape index (κ1) is 25.3. The van der Waals surface area contributed by atoms with Gasteiger partial charge in [0.2, 0.25) is 0 Å². The van der Waals surface area contributed by atoms with Crippen molar-refractivity contribution in [1.29, 1.82) is 0 Å². The molecule has 5 rings (SSSR count). The number of carboxylic acid groups (broad SMARTS) is 1. The van der Waals surface area contributed by atoms with E-state index in [2.05, 4.69) is 4.90 Å². The smallest absolute Gasteiger partial charge is 0.307 e. The van der Waals surface area contributed by atoms with Crippen LogP contribution >= 0.6 is 22.9 Å². The molecule has 1 saturated heterocycles. The number of carboxylic acids is 1. The Morgan fingerprint density at radius 3 is 2.67 bits per heavy atom. The maximum absolute atomic E-state index is 11.9. The van der Waals surface area contributed by atoms with E-state index in [-0.39, 0.29) is 6.42 Å². The third kappa shape index (κ3) is 5.21. The highest BCUT2D eigenvalue weighted by Crippen LogP contribution is 2.46.